The quantitative estimate of drug-likeness (QED) is 0.341. The first-order valence-corrected chi connectivity index (χ1v) is 9.80. The maximum atomic E-state index is 5.56. The predicted molar refractivity (Wildman–Crippen MR) is 115 cm³/mol. The van der Waals surface area contributed by atoms with Gasteiger partial charge in [0.1, 0.15) is 7.05 Å². The van der Waals surface area contributed by atoms with E-state index in [0.29, 0.717) is 0 Å². The molecule has 0 atom stereocenters. The van der Waals surface area contributed by atoms with Crippen LogP contribution in [0.4, 0.5) is 5.69 Å². The van der Waals surface area contributed by atoms with Gasteiger partial charge in [0.05, 0.1) is 24.3 Å². The fraction of sp³-hybridized carbons (Fsp3) is 0.208. The summed E-state index contributed by atoms with van der Waals surface area (Å²) in [5, 5.41) is 2.52. The molecule has 1 N–H and O–H groups in total. The van der Waals surface area contributed by atoms with Crippen molar-refractivity contribution in [1.82, 2.24) is 4.98 Å². The maximum Gasteiger partial charge on any atom is 0.214 e. The summed E-state index contributed by atoms with van der Waals surface area (Å²) < 4.78 is 7.82. The molecule has 3 heterocycles. The van der Waals surface area contributed by atoms with E-state index in [1.807, 2.05) is 0 Å². The fourth-order valence-corrected chi connectivity index (χ4v) is 4.02. The average molecular weight is 497 g/mol. The number of fused-ring (bicyclic) bond motifs is 2. The number of anilines is 1. The summed E-state index contributed by atoms with van der Waals surface area (Å²) in [6.07, 6.45) is 4.36. The van der Waals surface area contributed by atoms with Gasteiger partial charge in [-0.15, -0.1) is 0 Å². The van der Waals surface area contributed by atoms with Gasteiger partial charge in [-0.3, -0.25) is 0 Å². The van der Waals surface area contributed by atoms with Crippen LogP contribution < -0.4 is 33.4 Å². The van der Waals surface area contributed by atoms with Gasteiger partial charge in [-0.25, -0.2) is 0 Å². The second-order valence-electron chi connectivity index (χ2n) is 7.28. The normalized spacial score (nSPS) is 14.6. The Morgan fingerprint density at radius 1 is 0.966 bits per heavy atom. The van der Waals surface area contributed by atoms with Crippen molar-refractivity contribution >= 4 is 39.6 Å². The van der Waals surface area contributed by atoms with E-state index in [-0.39, 0.29) is 24.0 Å². The standard InChI is InChI=1S/C24H23N3O.HI/c1-26-20(11-10-19-16-18-6-2-4-8-22(18)25-19)17-24(27-12-14-28-15-13-27)21-7-3-5-9-23(21)26;/h2-11,16-17H,12-15H2,1H3;1H. The van der Waals surface area contributed by atoms with E-state index in [9.17, 15) is 0 Å². The van der Waals surface area contributed by atoms with Crippen molar-refractivity contribution in [2.75, 3.05) is 31.2 Å². The lowest BCUT2D eigenvalue weighted by Gasteiger charge is -2.29. The third-order valence-electron chi connectivity index (χ3n) is 5.55. The minimum atomic E-state index is 0. The van der Waals surface area contributed by atoms with E-state index >= 15 is 0 Å². The van der Waals surface area contributed by atoms with Crippen molar-refractivity contribution in [1.29, 1.82) is 0 Å². The van der Waals surface area contributed by atoms with Crippen LogP contribution >= 0.6 is 0 Å². The van der Waals surface area contributed by atoms with E-state index in [2.05, 4.69) is 94.3 Å². The number of nitrogens with one attached hydrogen (secondary N) is 1. The van der Waals surface area contributed by atoms with Gasteiger partial charge >= 0.3 is 0 Å². The van der Waals surface area contributed by atoms with Gasteiger partial charge in [-0.05, 0) is 29.7 Å². The fourth-order valence-electron chi connectivity index (χ4n) is 4.02. The summed E-state index contributed by atoms with van der Waals surface area (Å²) in [6.45, 7) is 3.44. The van der Waals surface area contributed by atoms with Gasteiger partial charge in [-0.1, -0.05) is 30.3 Å². The zero-order valence-corrected chi connectivity index (χ0v) is 18.6. The summed E-state index contributed by atoms with van der Waals surface area (Å²) in [4.78, 5) is 5.91. The smallest absolute Gasteiger partial charge is 0.214 e. The van der Waals surface area contributed by atoms with Crippen molar-refractivity contribution in [2.24, 2.45) is 7.05 Å². The third-order valence-corrected chi connectivity index (χ3v) is 5.55. The minimum absolute atomic E-state index is 0. The summed E-state index contributed by atoms with van der Waals surface area (Å²) in [6, 6.07) is 21.5. The largest absolute Gasteiger partial charge is 1.00 e. The number of benzene rings is 2. The molecular weight excluding hydrogens is 473 g/mol. The second-order valence-corrected chi connectivity index (χ2v) is 7.28. The first kappa shape index (κ1) is 19.9. The molecule has 0 amide bonds. The van der Waals surface area contributed by atoms with Gasteiger partial charge in [0.25, 0.3) is 0 Å². The number of aromatic nitrogens is 2. The molecule has 0 saturated carbocycles. The van der Waals surface area contributed by atoms with Crippen LogP contribution in [0.3, 0.4) is 0 Å². The third kappa shape index (κ3) is 3.89. The topological polar surface area (TPSA) is 32.1 Å². The van der Waals surface area contributed by atoms with Gasteiger partial charge < -0.3 is 38.6 Å². The van der Waals surface area contributed by atoms with Crippen LogP contribution in [-0.2, 0) is 11.8 Å². The number of hydrogen-bond acceptors (Lipinski definition) is 2. The molecule has 0 radical (unpaired) electrons. The number of halogens is 1. The molecule has 1 fully saturated rings. The van der Waals surface area contributed by atoms with Gasteiger partial charge in [0.15, 0.2) is 0 Å². The van der Waals surface area contributed by atoms with Crippen molar-refractivity contribution in [2.45, 2.75) is 0 Å². The molecular formula is C24H24IN3O. The Hall–Kier alpha value is -2.38. The van der Waals surface area contributed by atoms with Crippen molar-refractivity contribution in [3.63, 3.8) is 0 Å². The molecule has 1 aliphatic heterocycles. The van der Waals surface area contributed by atoms with E-state index < -0.39 is 0 Å². The number of para-hydroxylation sites is 2. The summed E-state index contributed by atoms with van der Waals surface area (Å²) in [7, 11) is 2.14. The number of H-pyrrole nitrogens is 1. The van der Waals surface area contributed by atoms with Gasteiger partial charge in [0, 0.05) is 42.5 Å². The Bertz CT molecular complexity index is 1140. The number of hydrogen-bond donors (Lipinski definition) is 1. The summed E-state index contributed by atoms with van der Waals surface area (Å²) >= 11 is 0. The Balaban J connectivity index is 0.00000205. The lowest BCUT2D eigenvalue weighted by atomic mass is 10.1. The van der Waals surface area contributed by atoms with Crippen LogP contribution in [0.5, 0.6) is 0 Å². The zero-order chi connectivity index (χ0) is 18.9. The van der Waals surface area contributed by atoms with Gasteiger partial charge in [0.2, 0.25) is 11.2 Å². The molecule has 4 aromatic rings. The average Bonchev–Trinajstić information content (AvgIpc) is 3.17. The maximum absolute atomic E-state index is 5.56. The molecule has 0 aliphatic carbocycles. The number of nitrogens with zero attached hydrogens (tertiary/aromatic N) is 2. The highest BCUT2D eigenvalue weighted by Gasteiger charge is 2.20. The lowest BCUT2D eigenvalue weighted by Crippen LogP contribution is -3.00. The summed E-state index contributed by atoms with van der Waals surface area (Å²) in [5.74, 6) is 0. The minimum Gasteiger partial charge on any atom is -1.00 e. The number of aromatic amines is 1. The van der Waals surface area contributed by atoms with Crippen molar-refractivity contribution < 1.29 is 33.3 Å². The summed E-state index contributed by atoms with van der Waals surface area (Å²) in [5.41, 5.74) is 5.98. The zero-order valence-electron chi connectivity index (χ0n) is 16.4. The molecule has 2 aromatic heterocycles. The van der Waals surface area contributed by atoms with E-state index in [4.69, 9.17) is 4.74 Å². The highest BCUT2D eigenvalue weighted by molar-refractivity contribution is 5.91. The van der Waals surface area contributed by atoms with Gasteiger partial charge in [-0.2, -0.15) is 4.57 Å². The molecule has 148 valence electrons. The number of morpholine rings is 1. The highest BCUT2D eigenvalue weighted by atomic mass is 127. The SMILES string of the molecule is C[n+]1c(/C=C/c2cc3ccccc3[nH]2)cc(N2CCOCC2)c2ccccc21.[I-]. The van der Waals surface area contributed by atoms with Crippen LogP contribution in [0.25, 0.3) is 34.0 Å². The Morgan fingerprint density at radius 2 is 1.72 bits per heavy atom. The lowest BCUT2D eigenvalue weighted by molar-refractivity contribution is -0.646. The van der Waals surface area contributed by atoms with Crippen LogP contribution in [0.2, 0.25) is 0 Å². The second kappa shape index (κ2) is 8.55. The molecule has 0 unspecified atom stereocenters. The number of aryl methyl sites for hydroxylation is 1. The molecule has 2 aromatic carbocycles. The first-order chi connectivity index (χ1) is 13.8. The molecule has 1 aliphatic rings. The van der Waals surface area contributed by atoms with E-state index in [0.717, 1.165) is 32.0 Å². The van der Waals surface area contributed by atoms with E-state index in [1.165, 1.54) is 33.2 Å². The number of ether oxygens (including phenoxy) is 1. The van der Waals surface area contributed by atoms with Crippen molar-refractivity contribution in [3.8, 4) is 0 Å². The van der Waals surface area contributed by atoms with E-state index in [1.54, 1.807) is 0 Å². The monoisotopic (exact) mass is 497 g/mol. The number of pyridine rings is 1. The molecule has 5 heteroatoms. The van der Waals surface area contributed by atoms with Crippen LogP contribution in [-0.4, -0.2) is 31.3 Å². The number of rotatable bonds is 3. The molecule has 0 bridgehead atoms. The van der Waals surface area contributed by atoms with Crippen molar-refractivity contribution in [3.05, 3.63) is 72.1 Å². The van der Waals surface area contributed by atoms with Crippen LogP contribution in [0.1, 0.15) is 11.4 Å². The first-order valence-electron chi connectivity index (χ1n) is 9.80. The van der Waals surface area contributed by atoms with Crippen LogP contribution in [0, 0.1) is 0 Å². The Labute approximate surface area is 187 Å². The highest BCUT2D eigenvalue weighted by Crippen LogP contribution is 2.27. The van der Waals surface area contributed by atoms with Crippen LogP contribution in [0.15, 0.2) is 60.7 Å². The Kier molecular flexibility index (Phi) is 5.87. The molecule has 4 nitrogen and oxygen atoms in total. The Morgan fingerprint density at radius 3 is 2.55 bits per heavy atom. The molecule has 1 saturated heterocycles. The molecule has 0 spiro atoms. The molecule has 29 heavy (non-hydrogen) atoms. The molecule has 5 rings (SSSR count). The predicted octanol–water partition coefficient (Wildman–Crippen LogP) is 1.16.